The highest BCUT2D eigenvalue weighted by Crippen LogP contribution is 2.33. The molecule has 21 heavy (non-hydrogen) atoms. The minimum atomic E-state index is -0.493. The highest BCUT2D eigenvalue weighted by Gasteiger charge is 2.23. The first-order chi connectivity index (χ1) is 9.89. The van der Waals surface area contributed by atoms with Gasteiger partial charge in [0.05, 0.1) is 12.6 Å². The van der Waals surface area contributed by atoms with E-state index in [2.05, 4.69) is 10.8 Å². The van der Waals surface area contributed by atoms with Crippen LogP contribution in [0.3, 0.4) is 0 Å². The van der Waals surface area contributed by atoms with E-state index in [1.807, 2.05) is 45.9 Å². The standard InChI is InChI=1S/C16H24N2O3/c1-5-20-18-14-9-6-11-10-12(7-8-13(11)14)17-15(19)21-16(2,3)4/h7-8,10,14,18H,5-6,9H2,1-4H3,(H,17,19). The first-order valence-corrected chi connectivity index (χ1v) is 7.39. The Bertz CT molecular complexity index is 509. The Morgan fingerprint density at radius 2 is 2.14 bits per heavy atom. The molecule has 1 aliphatic rings. The molecule has 2 N–H and O–H groups in total. The highest BCUT2D eigenvalue weighted by molar-refractivity contribution is 5.85. The number of aryl methyl sites for hydroxylation is 1. The van der Waals surface area contributed by atoms with Crippen molar-refractivity contribution in [3.05, 3.63) is 29.3 Å². The topological polar surface area (TPSA) is 59.6 Å². The third-order valence-electron chi connectivity index (χ3n) is 3.24. The number of benzene rings is 1. The summed E-state index contributed by atoms with van der Waals surface area (Å²) in [7, 11) is 0. The molecular formula is C16H24N2O3. The summed E-state index contributed by atoms with van der Waals surface area (Å²) < 4.78 is 5.25. The maximum Gasteiger partial charge on any atom is 0.412 e. The summed E-state index contributed by atoms with van der Waals surface area (Å²) in [5.41, 5.74) is 5.81. The number of nitrogens with one attached hydrogen (secondary N) is 2. The van der Waals surface area contributed by atoms with Crippen molar-refractivity contribution in [1.29, 1.82) is 0 Å². The molecule has 0 spiro atoms. The Labute approximate surface area is 126 Å². The van der Waals surface area contributed by atoms with Gasteiger partial charge in [0.1, 0.15) is 5.60 Å². The van der Waals surface area contributed by atoms with Crippen molar-refractivity contribution in [2.24, 2.45) is 0 Å². The molecule has 0 saturated carbocycles. The Morgan fingerprint density at radius 1 is 1.38 bits per heavy atom. The predicted molar refractivity (Wildman–Crippen MR) is 82.1 cm³/mol. The van der Waals surface area contributed by atoms with Crippen LogP contribution in [0.1, 0.15) is 51.3 Å². The summed E-state index contributed by atoms with van der Waals surface area (Å²) in [4.78, 5) is 17.1. The van der Waals surface area contributed by atoms with Gasteiger partial charge in [-0.3, -0.25) is 5.32 Å². The summed E-state index contributed by atoms with van der Waals surface area (Å²) in [5.74, 6) is 0. The van der Waals surface area contributed by atoms with Gasteiger partial charge >= 0.3 is 6.09 Å². The van der Waals surface area contributed by atoms with E-state index < -0.39 is 11.7 Å². The van der Waals surface area contributed by atoms with Gasteiger partial charge < -0.3 is 9.57 Å². The summed E-state index contributed by atoms with van der Waals surface area (Å²) in [6, 6.07) is 6.17. The number of carbonyl (C=O) groups is 1. The van der Waals surface area contributed by atoms with Gasteiger partial charge in [0, 0.05) is 5.69 Å². The second kappa shape index (κ2) is 6.45. The van der Waals surface area contributed by atoms with Gasteiger partial charge in [-0.05, 0) is 63.8 Å². The van der Waals surface area contributed by atoms with E-state index in [0.717, 1.165) is 18.5 Å². The van der Waals surface area contributed by atoms with E-state index in [4.69, 9.17) is 9.57 Å². The van der Waals surface area contributed by atoms with Gasteiger partial charge in [-0.15, -0.1) is 0 Å². The number of amides is 1. The molecule has 1 aliphatic carbocycles. The highest BCUT2D eigenvalue weighted by atomic mass is 16.6. The van der Waals surface area contributed by atoms with Gasteiger partial charge in [0.2, 0.25) is 0 Å². The minimum Gasteiger partial charge on any atom is -0.444 e. The average Bonchev–Trinajstić information content (AvgIpc) is 2.76. The quantitative estimate of drug-likeness (QED) is 0.833. The molecule has 116 valence electrons. The van der Waals surface area contributed by atoms with Crippen LogP contribution < -0.4 is 10.8 Å². The van der Waals surface area contributed by atoms with Crippen molar-refractivity contribution in [1.82, 2.24) is 5.48 Å². The first-order valence-electron chi connectivity index (χ1n) is 7.39. The third-order valence-corrected chi connectivity index (χ3v) is 3.24. The van der Waals surface area contributed by atoms with Crippen molar-refractivity contribution in [2.45, 2.75) is 52.2 Å². The Balaban J connectivity index is 2.01. The lowest BCUT2D eigenvalue weighted by Gasteiger charge is -2.20. The van der Waals surface area contributed by atoms with Crippen LogP contribution in [0.4, 0.5) is 10.5 Å². The van der Waals surface area contributed by atoms with Crippen LogP contribution in [0.5, 0.6) is 0 Å². The van der Waals surface area contributed by atoms with E-state index in [0.29, 0.717) is 6.61 Å². The molecule has 0 fully saturated rings. The minimum absolute atomic E-state index is 0.232. The maximum absolute atomic E-state index is 11.8. The number of hydrogen-bond acceptors (Lipinski definition) is 4. The molecule has 1 aromatic carbocycles. The molecule has 2 rings (SSSR count). The molecule has 5 heteroatoms. The summed E-state index contributed by atoms with van der Waals surface area (Å²) in [6.07, 6.45) is 1.55. The van der Waals surface area contributed by atoms with Crippen LogP contribution in [0.2, 0.25) is 0 Å². The number of rotatable bonds is 4. The van der Waals surface area contributed by atoms with Crippen LogP contribution in [-0.4, -0.2) is 18.3 Å². The lowest BCUT2D eigenvalue weighted by atomic mass is 10.1. The molecule has 0 bridgehead atoms. The fourth-order valence-corrected chi connectivity index (χ4v) is 2.42. The van der Waals surface area contributed by atoms with E-state index >= 15 is 0 Å². The molecule has 1 unspecified atom stereocenters. The molecule has 0 aliphatic heterocycles. The number of hydrogen-bond donors (Lipinski definition) is 2. The van der Waals surface area contributed by atoms with Gasteiger partial charge in [0.25, 0.3) is 0 Å². The molecule has 1 aromatic rings. The van der Waals surface area contributed by atoms with Crippen LogP contribution in [0.25, 0.3) is 0 Å². The van der Waals surface area contributed by atoms with Gasteiger partial charge in [-0.1, -0.05) is 6.07 Å². The Hall–Kier alpha value is -1.59. The summed E-state index contributed by atoms with van der Waals surface area (Å²) in [6.45, 7) is 8.14. The molecule has 0 saturated heterocycles. The van der Waals surface area contributed by atoms with Crippen LogP contribution in [0, 0.1) is 0 Å². The SMILES string of the molecule is CCONC1CCc2cc(NC(=O)OC(C)(C)C)ccc21. The predicted octanol–water partition coefficient (Wildman–Crippen LogP) is 3.56. The fourth-order valence-electron chi connectivity index (χ4n) is 2.42. The zero-order valence-electron chi connectivity index (χ0n) is 13.2. The van der Waals surface area contributed by atoms with E-state index in [1.54, 1.807) is 0 Å². The summed E-state index contributed by atoms with van der Waals surface area (Å²) in [5, 5.41) is 2.77. The summed E-state index contributed by atoms with van der Waals surface area (Å²) >= 11 is 0. The van der Waals surface area contributed by atoms with E-state index in [1.165, 1.54) is 11.1 Å². The molecule has 0 heterocycles. The molecular weight excluding hydrogens is 268 g/mol. The largest absolute Gasteiger partial charge is 0.444 e. The van der Waals surface area contributed by atoms with Crippen LogP contribution in [0.15, 0.2) is 18.2 Å². The maximum atomic E-state index is 11.8. The molecule has 0 radical (unpaired) electrons. The third kappa shape index (κ3) is 4.44. The van der Waals surface area contributed by atoms with Crippen molar-refractivity contribution in [3.8, 4) is 0 Å². The zero-order valence-corrected chi connectivity index (χ0v) is 13.2. The Morgan fingerprint density at radius 3 is 2.81 bits per heavy atom. The monoisotopic (exact) mass is 292 g/mol. The van der Waals surface area contributed by atoms with Crippen molar-refractivity contribution < 1.29 is 14.4 Å². The number of carbonyl (C=O) groups excluding carboxylic acids is 1. The van der Waals surface area contributed by atoms with Crippen LogP contribution in [-0.2, 0) is 16.0 Å². The zero-order chi connectivity index (χ0) is 15.5. The average molecular weight is 292 g/mol. The van der Waals surface area contributed by atoms with Gasteiger partial charge in [-0.25, -0.2) is 4.79 Å². The molecule has 1 atom stereocenters. The van der Waals surface area contributed by atoms with E-state index in [-0.39, 0.29) is 6.04 Å². The fraction of sp³-hybridized carbons (Fsp3) is 0.562. The van der Waals surface area contributed by atoms with Crippen LogP contribution >= 0.6 is 0 Å². The molecule has 0 aromatic heterocycles. The smallest absolute Gasteiger partial charge is 0.412 e. The number of fused-ring (bicyclic) bond motifs is 1. The Kier molecular flexibility index (Phi) is 4.85. The number of ether oxygens (including phenoxy) is 1. The van der Waals surface area contributed by atoms with Crippen molar-refractivity contribution >= 4 is 11.8 Å². The van der Waals surface area contributed by atoms with E-state index in [9.17, 15) is 4.79 Å². The molecule has 5 nitrogen and oxygen atoms in total. The molecule has 1 amide bonds. The normalized spacial score (nSPS) is 17.4. The lowest BCUT2D eigenvalue weighted by Crippen LogP contribution is -2.27. The first kappa shape index (κ1) is 15.8. The van der Waals surface area contributed by atoms with Crippen molar-refractivity contribution in [2.75, 3.05) is 11.9 Å². The number of anilines is 1. The second-order valence-corrected chi connectivity index (χ2v) is 6.18. The lowest BCUT2D eigenvalue weighted by molar-refractivity contribution is 0.0244. The second-order valence-electron chi connectivity index (χ2n) is 6.18. The van der Waals surface area contributed by atoms with Crippen molar-refractivity contribution in [3.63, 3.8) is 0 Å². The van der Waals surface area contributed by atoms with Gasteiger partial charge in [0.15, 0.2) is 0 Å². The number of hydroxylamine groups is 1. The van der Waals surface area contributed by atoms with Gasteiger partial charge in [-0.2, -0.15) is 5.48 Å².